The van der Waals surface area contributed by atoms with Crippen molar-refractivity contribution in [3.8, 4) is 0 Å². The van der Waals surface area contributed by atoms with Gasteiger partial charge in [0.1, 0.15) is 0 Å². The predicted molar refractivity (Wildman–Crippen MR) is 73.5 cm³/mol. The lowest BCUT2D eigenvalue weighted by atomic mass is 10.1. The minimum Gasteiger partial charge on any atom is -0.313 e. The fourth-order valence-corrected chi connectivity index (χ4v) is 2.57. The summed E-state index contributed by atoms with van der Waals surface area (Å²) in [6, 6.07) is 8.55. The zero-order chi connectivity index (χ0) is 13.9. The van der Waals surface area contributed by atoms with Gasteiger partial charge in [0, 0.05) is 24.2 Å². The number of nitrogens with one attached hydrogen (secondary N) is 1. The third-order valence-electron chi connectivity index (χ3n) is 3.78. The summed E-state index contributed by atoms with van der Waals surface area (Å²) in [7, 11) is 0. The minimum atomic E-state index is -2.79. The van der Waals surface area contributed by atoms with E-state index < -0.39 is 5.92 Å². The lowest BCUT2D eigenvalue weighted by Crippen LogP contribution is -2.44. The first-order valence-electron chi connectivity index (χ1n) is 6.90. The van der Waals surface area contributed by atoms with Gasteiger partial charge in [0.2, 0.25) is 0 Å². The van der Waals surface area contributed by atoms with Crippen molar-refractivity contribution >= 4 is 0 Å². The fraction of sp³-hybridized carbons (Fsp3) is 0.600. The molecule has 0 bridgehead atoms. The molecule has 2 atom stereocenters. The van der Waals surface area contributed by atoms with Crippen LogP contribution < -0.4 is 5.32 Å². The molecule has 106 valence electrons. The first-order chi connectivity index (χ1) is 8.99. The van der Waals surface area contributed by atoms with Gasteiger partial charge >= 0.3 is 0 Å². The monoisotopic (exact) mass is 268 g/mol. The molecule has 1 N–H and O–H groups in total. The maximum Gasteiger partial charge on any atom is 0.285 e. The van der Waals surface area contributed by atoms with Crippen LogP contribution in [0.25, 0.3) is 0 Å². The number of halogens is 2. The van der Waals surface area contributed by atoms with E-state index in [0.717, 1.165) is 13.0 Å². The lowest BCUT2D eigenvalue weighted by molar-refractivity contribution is -0.0464. The molecule has 1 aromatic rings. The Balaban J connectivity index is 2.09. The third kappa shape index (κ3) is 3.74. The van der Waals surface area contributed by atoms with Crippen LogP contribution in [0.4, 0.5) is 8.78 Å². The molecule has 1 saturated heterocycles. The minimum absolute atomic E-state index is 0.104. The van der Waals surface area contributed by atoms with Crippen LogP contribution in [-0.2, 0) is 5.92 Å². The summed E-state index contributed by atoms with van der Waals surface area (Å²) in [5.74, 6) is -2.79. The molecular weight excluding hydrogens is 246 g/mol. The van der Waals surface area contributed by atoms with Crippen molar-refractivity contribution in [1.82, 2.24) is 10.2 Å². The molecule has 4 heteroatoms. The second kappa shape index (κ2) is 5.97. The maximum atomic E-state index is 14.3. The summed E-state index contributed by atoms with van der Waals surface area (Å²) < 4.78 is 28.6. The van der Waals surface area contributed by atoms with Gasteiger partial charge in [-0.3, -0.25) is 4.90 Å². The number of hydrogen-bond acceptors (Lipinski definition) is 2. The van der Waals surface area contributed by atoms with Gasteiger partial charge in [-0.25, -0.2) is 0 Å². The predicted octanol–water partition coefficient (Wildman–Crippen LogP) is 2.85. The number of nitrogens with zero attached hydrogens (tertiary/aromatic N) is 1. The number of alkyl halides is 2. The Hall–Kier alpha value is -1.00. The SMILES string of the molecule is CC1CN(CC(F)(F)c2ccccc2)C(C)CCN1. The molecule has 1 aliphatic rings. The first-order valence-corrected chi connectivity index (χ1v) is 6.90. The number of hydrogen-bond donors (Lipinski definition) is 1. The molecule has 0 aromatic heterocycles. The van der Waals surface area contributed by atoms with E-state index in [1.54, 1.807) is 18.2 Å². The molecule has 0 amide bonds. The van der Waals surface area contributed by atoms with Crippen molar-refractivity contribution in [2.75, 3.05) is 19.6 Å². The van der Waals surface area contributed by atoms with Crippen molar-refractivity contribution in [2.45, 2.75) is 38.3 Å². The van der Waals surface area contributed by atoms with Crippen LogP contribution >= 0.6 is 0 Å². The molecule has 2 nitrogen and oxygen atoms in total. The molecule has 2 rings (SSSR count). The maximum absolute atomic E-state index is 14.3. The van der Waals surface area contributed by atoms with E-state index in [9.17, 15) is 8.78 Å². The molecule has 0 spiro atoms. The average molecular weight is 268 g/mol. The Morgan fingerprint density at radius 2 is 1.95 bits per heavy atom. The Labute approximate surface area is 113 Å². The Morgan fingerprint density at radius 1 is 1.26 bits per heavy atom. The Bertz CT molecular complexity index is 394. The molecule has 1 aromatic carbocycles. The summed E-state index contributed by atoms with van der Waals surface area (Å²) >= 11 is 0. The van der Waals surface area contributed by atoms with Gasteiger partial charge in [-0.2, -0.15) is 8.78 Å². The van der Waals surface area contributed by atoms with Crippen LogP contribution in [0.1, 0.15) is 25.8 Å². The lowest BCUT2D eigenvalue weighted by Gasteiger charge is -2.31. The normalized spacial score (nSPS) is 26.1. The van der Waals surface area contributed by atoms with E-state index in [4.69, 9.17) is 0 Å². The van der Waals surface area contributed by atoms with Crippen LogP contribution in [0.15, 0.2) is 30.3 Å². The highest BCUT2D eigenvalue weighted by Gasteiger charge is 2.36. The quantitative estimate of drug-likeness (QED) is 0.907. The first kappa shape index (κ1) is 14.4. The largest absolute Gasteiger partial charge is 0.313 e. The van der Waals surface area contributed by atoms with Crippen molar-refractivity contribution in [3.05, 3.63) is 35.9 Å². The summed E-state index contributed by atoms with van der Waals surface area (Å²) in [6.07, 6.45) is 0.912. The van der Waals surface area contributed by atoms with Crippen molar-refractivity contribution in [1.29, 1.82) is 0 Å². The van der Waals surface area contributed by atoms with Crippen LogP contribution in [-0.4, -0.2) is 36.6 Å². The third-order valence-corrected chi connectivity index (χ3v) is 3.78. The summed E-state index contributed by atoms with van der Waals surface area (Å²) in [4.78, 5) is 1.90. The van der Waals surface area contributed by atoms with E-state index in [1.807, 2.05) is 18.7 Å². The second-order valence-corrected chi connectivity index (χ2v) is 5.49. The molecule has 0 aliphatic carbocycles. The van der Waals surface area contributed by atoms with Gasteiger partial charge in [0.25, 0.3) is 5.92 Å². The highest BCUT2D eigenvalue weighted by molar-refractivity contribution is 5.20. The standard InChI is InChI=1S/C15H22F2N2/c1-12-10-19(13(2)8-9-18-12)11-15(16,17)14-6-4-3-5-7-14/h3-7,12-13,18H,8-11H2,1-2H3. The van der Waals surface area contributed by atoms with Crippen molar-refractivity contribution in [3.63, 3.8) is 0 Å². The molecule has 2 unspecified atom stereocenters. The molecular formula is C15H22F2N2. The molecule has 19 heavy (non-hydrogen) atoms. The second-order valence-electron chi connectivity index (χ2n) is 5.49. The summed E-state index contributed by atoms with van der Waals surface area (Å²) in [5.41, 5.74) is 0.104. The van der Waals surface area contributed by atoms with Gasteiger partial charge in [-0.05, 0) is 26.8 Å². The van der Waals surface area contributed by atoms with Crippen LogP contribution in [0.3, 0.4) is 0 Å². The van der Waals surface area contributed by atoms with Gasteiger partial charge < -0.3 is 5.32 Å². The number of benzene rings is 1. The zero-order valence-corrected chi connectivity index (χ0v) is 11.6. The Kier molecular flexibility index (Phi) is 4.53. The van der Waals surface area contributed by atoms with Gasteiger partial charge in [-0.1, -0.05) is 30.3 Å². The summed E-state index contributed by atoms with van der Waals surface area (Å²) in [6.45, 7) is 5.44. The molecule has 0 radical (unpaired) electrons. The van der Waals surface area contributed by atoms with E-state index in [1.165, 1.54) is 12.1 Å². The smallest absolute Gasteiger partial charge is 0.285 e. The summed E-state index contributed by atoms with van der Waals surface area (Å²) in [5, 5.41) is 3.34. The topological polar surface area (TPSA) is 15.3 Å². The molecule has 1 heterocycles. The molecule has 1 aliphatic heterocycles. The van der Waals surface area contributed by atoms with Crippen LogP contribution in [0, 0.1) is 0 Å². The Morgan fingerprint density at radius 3 is 2.63 bits per heavy atom. The van der Waals surface area contributed by atoms with Crippen LogP contribution in [0.2, 0.25) is 0 Å². The van der Waals surface area contributed by atoms with E-state index >= 15 is 0 Å². The average Bonchev–Trinajstić information content (AvgIpc) is 2.52. The van der Waals surface area contributed by atoms with Gasteiger partial charge in [0.05, 0.1) is 6.54 Å². The van der Waals surface area contributed by atoms with E-state index in [-0.39, 0.29) is 24.2 Å². The molecule has 1 fully saturated rings. The van der Waals surface area contributed by atoms with Crippen molar-refractivity contribution in [2.24, 2.45) is 0 Å². The zero-order valence-electron chi connectivity index (χ0n) is 11.6. The van der Waals surface area contributed by atoms with Crippen LogP contribution in [0.5, 0.6) is 0 Å². The highest BCUT2D eigenvalue weighted by Crippen LogP contribution is 2.30. The van der Waals surface area contributed by atoms with Crippen molar-refractivity contribution < 1.29 is 8.78 Å². The van der Waals surface area contributed by atoms with E-state index in [0.29, 0.717) is 6.54 Å². The highest BCUT2D eigenvalue weighted by atomic mass is 19.3. The number of rotatable bonds is 3. The molecule has 0 saturated carbocycles. The van der Waals surface area contributed by atoms with E-state index in [2.05, 4.69) is 5.32 Å². The van der Waals surface area contributed by atoms with Gasteiger partial charge in [-0.15, -0.1) is 0 Å². The fourth-order valence-electron chi connectivity index (χ4n) is 2.57. The van der Waals surface area contributed by atoms with Gasteiger partial charge in [0.15, 0.2) is 0 Å².